The Bertz CT molecular complexity index is 1340. The van der Waals surface area contributed by atoms with Gasteiger partial charge in [0, 0.05) is 18.2 Å². The lowest BCUT2D eigenvalue weighted by Gasteiger charge is -2.31. The fourth-order valence-corrected chi connectivity index (χ4v) is 3.78. The van der Waals surface area contributed by atoms with Crippen LogP contribution in [0.5, 0.6) is 0 Å². The first kappa shape index (κ1) is 27.0. The predicted molar refractivity (Wildman–Crippen MR) is 135 cm³/mol. The number of carbonyl (C=O) groups excluding carboxylic acids is 3. The molecule has 1 aromatic heterocycles. The second-order valence-electron chi connectivity index (χ2n) is 8.34. The topological polar surface area (TPSA) is 126 Å². The van der Waals surface area contributed by atoms with Crippen molar-refractivity contribution >= 4 is 29.3 Å². The molecule has 0 radical (unpaired) electrons. The van der Waals surface area contributed by atoms with Gasteiger partial charge in [-0.1, -0.05) is 48.5 Å². The molecule has 2 aromatic carbocycles. The fraction of sp³-hybridized carbons (Fsp3) is 0.222. The highest BCUT2D eigenvalue weighted by atomic mass is 19.1. The minimum absolute atomic E-state index is 0.189. The number of pyridine rings is 1. The Balaban J connectivity index is 2.05. The second kappa shape index (κ2) is 12.4. The Kier molecular flexibility index (Phi) is 9.04. The first-order valence-electron chi connectivity index (χ1n) is 11.5. The summed E-state index contributed by atoms with van der Waals surface area (Å²) in [5.74, 6) is -3.96. The molecule has 2 amide bonds. The molecule has 0 unspecified atom stereocenters. The lowest BCUT2D eigenvalue weighted by atomic mass is 10.1. The minimum atomic E-state index is -1.78. The van der Waals surface area contributed by atoms with E-state index in [9.17, 15) is 33.5 Å². The number of aliphatic carboxylic acids is 1. The number of anilines is 1. The molecule has 0 bridgehead atoms. The number of aromatic nitrogens is 1. The van der Waals surface area contributed by atoms with Gasteiger partial charge < -0.3 is 10.4 Å². The average Bonchev–Trinajstić information content (AvgIpc) is 2.89. The normalized spacial score (nSPS) is 11.4. The highest BCUT2D eigenvalue weighted by Gasteiger charge is 2.34. The predicted octanol–water partition coefficient (Wildman–Crippen LogP) is 2.89. The largest absolute Gasteiger partial charge is 0.481 e. The number of hydrogen-bond donors (Lipinski definition) is 2. The molecule has 3 rings (SSSR count). The molecule has 0 fully saturated rings. The lowest BCUT2D eigenvalue weighted by molar-refractivity contribution is -0.140. The maximum atomic E-state index is 13.5. The zero-order chi connectivity index (χ0) is 26.9. The van der Waals surface area contributed by atoms with Crippen molar-refractivity contribution in [3.05, 3.63) is 100.0 Å². The number of halogens is 1. The number of nitrogens with zero attached hydrogens (tertiary/aromatic N) is 2. The molecular formula is C27H26FN3O6. The molecule has 0 aliphatic rings. The number of amides is 2. The van der Waals surface area contributed by atoms with Crippen molar-refractivity contribution in [2.24, 2.45) is 0 Å². The van der Waals surface area contributed by atoms with Crippen LogP contribution in [0.1, 0.15) is 34.3 Å². The molecule has 1 atom stereocenters. The van der Waals surface area contributed by atoms with Gasteiger partial charge in [0.1, 0.15) is 18.4 Å². The van der Waals surface area contributed by atoms with Crippen molar-refractivity contribution in [2.45, 2.75) is 32.2 Å². The molecule has 10 heteroatoms. The molecule has 2 N–H and O–H groups in total. The average molecular weight is 508 g/mol. The third-order valence-electron chi connectivity index (χ3n) is 5.55. The van der Waals surface area contributed by atoms with E-state index in [0.717, 1.165) is 10.2 Å². The number of benzene rings is 2. The van der Waals surface area contributed by atoms with Gasteiger partial charge in [0.05, 0.1) is 6.42 Å². The SMILES string of the molecule is Cc1cc(NC(=O)c2ccccc2)c(=O)n(N(C(=O)CCc2ccccc2)[C@H](CC(=O)O)C(=O)CF)c1. The minimum Gasteiger partial charge on any atom is -0.481 e. The van der Waals surface area contributed by atoms with E-state index in [1.54, 1.807) is 67.6 Å². The Morgan fingerprint density at radius 2 is 1.65 bits per heavy atom. The van der Waals surface area contributed by atoms with Gasteiger partial charge in [-0.3, -0.25) is 24.0 Å². The van der Waals surface area contributed by atoms with Gasteiger partial charge in [-0.15, -0.1) is 0 Å². The van der Waals surface area contributed by atoms with Crippen LogP contribution in [-0.2, 0) is 20.8 Å². The van der Waals surface area contributed by atoms with Crippen LogP contribution in [0.25, 0.3) is 0 Å². The molecule has 0 aliphatic heterocycles. The second-order valence-corrected chi connectivity index (χ2v) is 8.34. The van der Waals surface area contributed by atoms with Gasteiger partial charge in [-0.05, 0) is 42.7 Å². The van der Waals surface area contributed by atoms with Gasteiger partial charge in [-0.25, -0.2) is 14.1 Å². The Morgan fingerprint density at radius 1 is 1.03 bits per heavy atom. The van der Waals surface area contributed by atoms with Crippen molar-refractivity contribution in [3.8, 4) is 0 Å². The summed E-state index contributed by atoms with van der Waals surface area (Å²) in [5.41, 5.74) is 0.420. The first-order valence-corrected chi connectivity index (χ1v) is 11.5. The zero-order valence-electron chi connectivity index (χ0n) is 20.1. The van der Waals surface area contributed by atoms with Crippen molar-refractivity contribution in [2.75, 3.05) is 17.0 Å². The molecule has 0 spiro atoms. The standard InChI is InChI=1S/C27H26FN3O6/c1-18-14-21(29-26(36)20-10-6-3-7-11-20)27(37)30(17-18)31(22(15-25(34)35)23(32)16-28)24(33)13-12-19-8-4-2-5-9-19/h2-11,14,17,22H,12-13,15-16H2,1H3,(H,29,36)(H,34,35)/t22-/m1/s1. The summed E-state index contributed by atoms with van der Waals surface area (Å²) >= 11 is 0. The maximum absolute atomic E-state index is 13.5. The first-order chi connectivity index (χ1) is 17.7. The van der Waals surface area contributed by atoms with Gasteiger partial charge in [-0.2, -0.15) is 0 Å². The molecule has 0 saturated carbocycles. The van der Waals surface area contributed by atoms with Crippen LogP contribution in [0.2, 0.25) is 0 Å². The van der Waals surface area contributed by atoms with Gasteiger partial charge >= 0.3 is 5.97 Å². The molecule has 9 nitrogen and oxygen atoms in total. The molecule has 0 saturated heterocycles. The number of carboxylic acid groups (broad SMARTS) is 1. The summed E-state index contributed by atoms with van der Waals surface area (Å²) < 4.78 is 14.3. The number of hydrogen-bond acceptors (Lipinski definition) is 5. The summed E-state index contributed by atoms with van der Waals surface area (Å²) in [6, 6.07) is 16.7. The highest BCUT2D eigenvalue weighted by molar-refractivity contribution is 6.04. The molecule has 37 heavy (non-hydrogen) atoms. The van der Waals surface area contributed by atoms with Crippen molar-refractivity contribution in [3.63, 3.8) is 0 Å². The zero-order valence-corrected chi connectivity index (χ0v) is 20.1. The summed E-state index contributed by atoms with van der Waals surface area (Å²) in [6.07, 6.45) is 0.372. The van der Waals surface area contributed by atoms with Gasteiger partial charge in [0.15, 0.2) is 5.78 Å². The van der Waals surface area contributed by atoms with Crippen LogP contribution in [-0.4, -0.2) is 46.1 Å². The Hall–Kier alpha value is -4.60. The van der Waals surface area contributed by atoms with E-state index in [1.807, 2.05) is 0 Å². The number of Topliss-reactive ketones (excluding diaryl/α,β-unsaturated/α-hetero) is 1. The Morgan fingerprint density at radius 3 is 2.24 bits per heavy atom. The molecule has 192 valence electrons. The third-order valence-corrected chi connectivity index (χ3v) is 5.55. The van der Waals surface area contributed by atoms with Crippen LogP contribution in [0.4, 0.5) is 10.1 Å². The van der Waals surface area contributed by atoms with Crippen LogP contribution in [0, 0.1) is 6.92 Å². The monoisotopic (exact) mass is 507 g/mol. The van der Waals surface area contributed by atoms with E-state index in [4.69, 9.17) is 0 Å². The molecule has 3 aromatic rings. The van der Waals surface area contributed by atoms with E-state index < -0.39 is 48.3 Å². The molecular weight excluding hydrogens is 481 g/mol. The van der Waals surface area contributed by atoms with Crippen molar-refractivity contribution < 1.29 is 28.7 Å². The van der Waals surface area contributed by atoms with E-state index >= 15 is 0 Å². The lowest BCUT2D eigenvalue weighted by Crippen LogP contribution is -2.56. The van der Waals surface area contributed by atoms with Crippen molar-refractivity contribution in [1.29, 1.82) is 0 Å². The number of aryl methyl sites for hydroxylation is 2. The van der Waals surface area contributed by atoms with Crippen LogP contribution in [0.3, 0.4) is 0 Å². The number of ketones is 1. The summed E-state index contributed by atoms with van der Waals surface area (Å²) in [5, 5.41) is 12.6. The van der Waals surface area contributed by atoms with Crippen molar-refractivity contribution in [1.82, 2.24) is 4.68 Å². The van der Waals surface area contributed by atoms with Gasteiger partial charge in [0.2, 0.25) is 5.91 Å². The fourth-order valence-electron chi connectivity index (χ4n) is 3.78. The summed E-state index contributed by atoms with van der Waals surface area (Å²) in [6.45, 7) is 0.0580. The Labute approximate surface area is 212 Å². The highest BCUT2D eigenvalue weighted by Crippen LogP contribution is 2.14. The van der Waals surface area contributed by atoms with Crippen LogP contribution >= 0.6 is 0 Å². The number of nitrogens with one attached hydrogen (secondary N) is 1. The molecule has 0 aliphatic carbocycles. The summed E-state index contributed by atoms with van der Waals surface area (Å²) in [7, 11) is 0. The van der Waals surface area contributed by atoms with Crippen LogP contribution < -0.4 is 15.9 Å². The van der Waals surface area contributed by atoms with Gasteiger partial charge in [0.25, 0.3) is 11.5 Å². The number of carboxylic acids is 1. The number of rotatable bonds is 11. The van der Waals surface area contributed by atoms with E-state index in [-0.39, 0.29) is 24.1 Å². The van der Waals surface area contributed by atoms with Crippen LogP contribution in [0.15, 0.2) is 77.7 Å². The number of alkyl halides is 1. The molecule has 1 heterocycles. The third kappa shape index (κ3) is 6.97. The maximum Gasteiger partial charge on any atom is 0.305 e. The summed E-state index contributed by atoms with van der Waals surface area (Å²) in [4.78, 5) is 63.5. The van der Waals surface area contributed by atoms with E-state index in [2.05, 4.69) is 5.32 Å². The van der Waals surface area contributed by atoms with E-state index in [1.165, 1.54) is 12.3 Å². The quantitative estimate of drug-likeness (QED) is 0.411. The smallest absolute Gasteiger partial charge is 0.305 e. The number of carbonyl (C=O) groups is 4. The van der Waals surface area contributed by atoms with E-state index in [0.29, 0.717) is 10.6 Å².